The Bertz CT molecular complexity index is 734. The molecule has 5 heteroatoms. The lowest BCUT2D eigenvalue weighted by Crippen LogP contribution is -2.45. The van der Waals surface area contributed by atoms with Crippen molar-refractivity contribution in [3.05, 3.63) is 27.9 Å². The van der Waals surface area contributed by atoms with Crippen LogP contribution in [0.5, 0.6) is 0 Å². The monoisotopic (exact) mass is 361 g/mol. The molecule has 2 aromatic heterocycles. The minimum atomic E-state index is -0.146. The lowest BCUT2D eigenvalue weighted by molar-refractivity contribution is 0.126. The van der Waals surface area contributed by atoms with E-state index in [0.717, 1.165) is 52.7 Å². The lowest BCUT2D eigenvalue weighted by Gasteiger charge is -2.38. The van der Waals surface area contributed by atoms with E-state index in [0.29, 0.717) is 12.1 Å². The summed E-state index contributed by atoms with van der Waals surface area (Å²) in [6.45, 7) is 4.11. The van der Waals surface area contributed by atoms with Crippen LogP contribution in [-0.2, 0) is 0 Å². The van der Waals surface area contributed by atoms with Crippen molar-refractivity contribution >= 4 is 32.8 Å². The zero-order valence-corrected chi connectivity index (χ0v) is 14.5. The van der Waals surface area contributed by atoms with Crippen LogP contribution >= 0.6 is 15.9 Å². The predicted molar refractivity (Wildman–Crippen MR) is 91.2 cm³/mol. The molecule has 2 aliphatic rings. The van der Waals surface area contributed by atoms with Crippen molar-refractivity contribution < 1.29 is 5.11 Å². The van der Waals surface area contributed by atoms with E-state index >= 15 is 0 Å². The molecule has 2 bridgehead atoms. The Hall–Kier alpha value is -1.20. The summed E-state index contributed by atoms with van der Waals surface area (Å²) in [7, 11) is 0. The smallest absolute Gasteiger partial charge is 0.162 e. The Balaban J connectivity index is 1.79. The van der Waals surface area contributed by atoms with E-state index in [4.69, 9.17) is 4.98 Å². The number of aromatic nitrogens is 2. The molecule has 22 heavy (non-hydrogen) atoms. The standard InChI is InChI=1S/C17H20BrN3O/c1-9-14-5-6-15(20-17(14)19-10(2)16(9)18)21-11-3-4-12(21)8-13(22)7-11/h5-6,11-13,22H,3-4,7-8H2,1-2H3. The molecular weight excluding hydrogens is 342 g/mol. The topological polar surface area (TPSA) is 49.2 Å². The molecule has 4 nitrogen and oxygen atoms in total. The fourth-order valence-electron chi connectivity index (χ4n) is 4.08. The molecule has 2 aromatic rings. The number of piperidine rings is 1. The van der Waals surface area contributed by atoms with Gasteiger partial charge in [-0.2, -0.15) is 0 Å². The molecule has 4 heterocycles. The van der Waals surface area contributed by atoms with Crippen LogP contribution < -0.4 is 4.90 Å². The molecule has 2 atom stereocenters. The van der Waals surface area contributed by atoms with Crippen molar-refractivity contribution in [2.45, 2.75) is 57.7 Å². The maximum Gasteiger partial charge on any atom is 0.162 e. The van der Waals surface area contributed by atoms with Gasteiger partial charge in [0.2, 0.25) is 0 Å². The van der Waals surface area contributed by atoms with Gasteiger partial charge in [0.1, 0.15) is 5.82 Å². The zero-order valence-electron chi connectivity index (χ0n) is 12.9. The number of pyridine rings is 2. The molecule has 0 aromatic carbocycles. The molecule has 1 N–H and O–H groups in total. The predicted octanol–water partition coefficient (Wildman–Crippen LogP) is 3.50. The van der Waals surface area contributed by atoms with Crippen LogP contribution in [0.2, 0.25) is 0 Å². The first-order chi connectivity index (χ1) is 10.5. The first-order valence-corrected chi connectivity index (χ1v) is 8.73. The average molecular weight is 362 g/mol. The average Bonchev–Trinajstić information content (AvgIpc) is 2.76. The Morgan fingerprint density at radius 2 is 1.82 bits per heavy atom. The fraction of sp³-hybridized carbons (Fsp3) is 0.529. The van der Waals surface area contributed by atoms with Gasteiger partial charge in [-0.05, 0) is 73.2 Å². The Kier molecular flexibility index (Phi) is 3.38. The number of nitrogens with zero attached hydrogens (tertiary/aromatic N) is 3. The molecule has 0 saturated carbocycles. The van der Waals surface area contributed by atoms with Gasteiger partial charge in [-0.15, -0.1) is 0 Å². The third-order valence-electron chi connectivity index (χ3n) is 5.16. The maximum atomic E-state index is 9.97. The van der Waals surface area contributed by atoms with E-state index < -0.39 is 0 Å². The van der Waals surface area contributed by atoms with Crippen LogP contribution in [0.3, 0.4) is 0 Å². The number of aryl methyl sites for hydroxylation is 2. The summed E-state index contributed by atoms with van der Waals surface area (Å²) in [6, 6.07) is 5.10. The second-order valence-corrected chi connectivity index (χ2v) is 7.39. The second kappa shape index (κ2) is 5.17. The highest BCUT2D eigenvalue weighted by atomic mass is 79.9. The number of rotatable bonds is 1. The van der Waals surface area contributed by atoms with E-state index in [1.54, 1.807) is 0 Å². The molecular formula is C17H20BrN3O. The van der Waals surface area contributed by atoms with Gasteiger partial charge in [-0.25, -0.2) is 9.97 Å². The van der Waals surface area contributed by atoms with E-state index in [9.17, 15) is 5.11 Å². The number of hydrogen-bond donors (Lipinski definition) is 1. The summed E-state index contributed by atoms with van der Waals surface area (Å²) in [5.41, 5.74) is 2.99. The Morgan fingerprint density at radius 3 is 2.50 bits per heavy atom. The van der Waals surface area contributed by atoms with Gasteiger partial charge >= 0.3 is 0 Å². The third kappa shape index (κ3) is 2.14. The Labute approximate surface area is 138 Å². The van der Waals surface area contributed by atoms with Crippen molar-refractivity contribution in [2.75, 3.05) is 4.90 Å². The molecule has 116 valence electrons. The summed E-state index contributed by atoms with van der Waals surface area (Å²) in [6.07, 6.45) is 3.90. The first kappa shape index (κ1) is 14.4. The van der Waals surface area contributed by atoms with Crippen molar-refractivity contribution in [3.63, 3.8) is 0 Å². The van der Waals surface area contributed by atoms with Crippen molar-refractivity contribution in [3.8, 4) is 0 Å². The third-order valence-corrected chi connectivity index (χ3v) is 6.33. The number of anilines is 1. The normalized spacial score (nSPS) is 27.6. The summed E-state index contributed by atoms with van der Waals surface area (Å²) in [5, 5.41) is 11.1. The summed E-state index contributed by atoms with van der Waals surface area (Å²) in [5.74, 6) is 1.01. The molecule has 0 amide bonds. The van der Waals surface area contributed by atoms with Gasteiger partial charge in [0.15, 0.2) is 5.65 Å². The van der Waals surface area contributed by atoms with Crippen LogP contribution in [0.4, 0.5) is 5.82 Å². The number of aliphatic hydroxyl groups excluding tert-OH is 1. The van der Waals surface area contributed by atoms with E-state index in [-0.39, 0.29) is 6.10 Å². The number of fused-ring (bicyclic) bond motifs is 3. The zero-order chi connectivity index (χ0) is 15.4. The quantitative estimate of drug-likeness (QED) is 0.844. The van der Waals surface area contributed by atoms with Crippen LogP contribution in [0.15, 0.2) is 16.6 Å². The van der Waals surface area contributed by atoms with Crippen molar-refractivity contribution in [1.82, 2.24) is 9.97 Å². The van der Waals surface area contributed by atoms with Crippen LogP contribution in [0.1, 0.15) is 36.9 Å². The molecule has 2 saturated heterocycles. The van der Waals surface area contributed by atoms with E-state index in [2.05, 4.69) is 44.9 Å². The van der Waals surface area contributed by atoms with Gasteiger partial charge in [0.25, 0.3) is 0 Å². The summed E-state index contributed by atoms with van der Waals surface area (Å²) >= 11 is 3.60. The van der Waals surface area contributed by atoms with E-state index in [1.165, 1.54) is 5.56 Å². The number of aliphatic hydroxyl groups is 1. The highest BCUT2D eigenvalue weighted by molar-refractivity contribution is 9.10. The lowest BCUT2D eigenvalue weighted by atomic mass is 10.00. The molecule has 0 aliphatic carbocycles. The van der Waals surface area contributed by atoms with Gasteiger partial charge < -0.3 is 10.0 Å². The molecule has 2 fully saturated rings. The van der Waals surface area contributed by atoms with Crippen molar-refractivity contribution in [1.29, 1.82) is 0 Å². The van der Waals surface area contributed by atoms with Crippen LogP contribution in [0, 0.1) is 13.8 Å². The highest BCUT2D eigenvalue weighted by Crippen LogP contribution is 2.39. The second-order valence-electron chi connectivity index (χ2n) is 6.59. The van der Waals surface area contributed by atoms with Crippen molar-refractivity contribution in [2.24, 2.45) is 0 Å². The van der Waals surface area contributed by atoms with Gasteiger partial charge in [0.05, 0.1) is 11.8 Å². The minimum absolute atomic E-state index is 0.146. The molecule has 4 rings (SSSR count). The maximum absolute atomic E-state index is 9.97. The van der Waals surface area contributed by atoms with Gasteiger partial charge in [0, 0.05) is 21.9 Å². The van der Waals surface area contributed by atoms with Gasteiger partial charge in [-0.3, -0.25) is 0 Å². The molecule has 2 unspecified atom stereocenters. The number of hydrogen-bond acceptors (Lipinski definition) is 4. The Morgan fingerprint density at radius 1 is 1.14 bits per heavy atom. The SMILES string of the molecule is Cc1nc2nc(N3C4CCC3CC(O)C4)ccc2c(C)c1Br. The first-order valence-electron chi connectivity index (χ1n) is 7.94. The fourth-order valence-corrected chi connectivity index (χ4v) is 4.38. The molecule has 2 aliphatic heterocycles. The molecule has 0 radical (unpaired) electrons. The van der Waals surface area contributed by atoms with Crippen LogP contribution in [-0.4, -0.2) is 33.3 Å². The largest absolute Gasteiger partial charge is 0.393 e. The highest BCUT2D eigenvalue weighted by Gasteiger charge is 2.40. The van der Waals surface area contributed by atoms with E-state index in [1.807, 2.05) is 6.92 Å². The van der Waals surface area contributed by atoms with Crippen LogP contribution in [0.25, 0.3) is 11.0 Å². The summed E-state index contributed by atoms with van der Waals surface area (Å²) < 4.78 is 1.07. The number of halogens is 1. The molecule has 0 spiro atoms. The minimum Gasteiger partial charge on any atom is -0.393 e. The van der Waals surface area contributed by atoms with Gasteiger partial charge in [-0.1, -0.05) is 0 Å². The summed E-state index contributed by atoms with van der Waals surface area (Å²) in [4.78, 5) is 11.9.